The second kappa shape index (κ2) is 7.14. The van der Waals surface area contributed by atoms with Crippen LogP contribution >= 0.6 is 11.3 Å². The summed E-state index contributed by atoms with van der Waals surface area (Å²) in [4.78, 5) is 6.75. The number of nitrogens with zero attached hydrogens (tertiary/aromatic N) is 2. The number of anilines is 1. The molecule has 1 heterocycles. The van der Waals surface area contributed by atoms with E-state index in [2.05, 4.69) is 103 Å². The summed E-state index contributed by atoms with van der Waals surface area (Å²) in [6.45, 7) is 0. The molecule has 3 heteroatoms. The molecule has 0 saturated heterocycles. The van der Waals surface area contributed by atoms with Crippen molar-refractivity contribution in [3.8, 4) is 11.1 Å². The monoisotopic (exact) mass is 356 g/mol. The first kappa shape index (κ1) is 16.6. The zero-order chi connectivity index (χ0) is 17.9. The van der Waals surface area contributed by atoms with E-state index in [1.807, 2.05) is 6.07 Å². The highest BCUT2D eigenvalue weighted by atomic mass is 32.1. The van der Waals surface area contributed by atoms with Crippen LogP contribution in [-0.2, 0) is 0 Å². The largest absolute Gasteiger partial charge is 0.378 e. The van der Waals surface area contributed by atoms with Gasteiger partial charge in [-0.3, -0.25) is 0 Å². The van der Waals surface area contributed by atoms with Gasteiger partial charge < -0.3 is 4.90 Å². The van der Waals surface area contributed by atoms with Crippen LogP contribution in [-0.4, -0.2) is 19.1 Å². The summed E-state index contributed by atoms with van der Waals surface area (Å²) in [6.07, 6.45) is 4.21. The molecule has 4 aromatic rings. The van der Waals surface area contributed by atoms with E-state index in [0.717, 1.165) is 10.5 Å². The maximum atomic E-state index is 4.64. The number of para-hydroxylation sites is 1. The lowest BCUT2D eigenvalue weighted by Crippen LogP contribution is -2.07. The number of hydrogen-bond donors (Lipinski definition) is 0. The van der Waals surface area contributed by atoms with E-state index in [9.17, 15) is 0 Å². The molecule has 0 saturated carbocycles. The zero-order valence-electron chi connectivity index (χ0n) is 14.9. The third-order valence-corrected chi connectivity index (χ3v) is 5.36. The van der Waals surface area contributed by atoms with Gasteiger partial charge in [0.2, 0.25) is 0 Å². The maximum absolute atomic E-state index is 4.64. The third-order valence-electron chi connectivity index (χ3n) is 4.36. The molecule has 0 radical (unpaired) electrons. The zero-order valence-corrected chi connectivity index (χ0v) is 15.7. The van der Waals surface area contributed by atoms with Crippen molar-refractivity contribution in [2.45, 2.75) is 0 Å². The molecular weight excluding hydrogens is 336 g/mol. The highest BCUT2D eigenvalue weighted by Crippen LogP contribution is 2.25. The van der Waals surface area contributed by atoms with Gasteiger partial charge in [0.15, 0.2) is 0 Å². The second-order valence-corrected chi connectivity index (χ2v) is 7.48. The summed E-state index contributed by atoms with van der Waals surface area (Å²) in [5.41, 5.74) is 5.92. The minimum Gasteiger partial charge on any atom is -0.378 e. The molecule has 2 nitrogen and oxygen atoms in total. The van der Waals surface area contributed by atoms with Crippen LogP contribution in [0.25, 0.3) is 33.5 Å². The van der Waals surface area contributed by atoms with Gasteiger partial charge in [0, 0.05) is 19.8 Å². The number of thiazole rings is 1. The molecule has 0 bridgehead atoms. The standard InChI is InChI=1S/C23H20N2S/c1-25(2)20-14-12-19(13-15-20)18-10-7-17(8-11-18)9-16-23-24-21-5-3-4-6-22(21)26-23/h3-16H,1-2H3/b16-9+. The van der Waals surface area contributed by atoms with Gasteiger partial charge in [0.05, 0.1) is 10.2 Å². The lowest BCUT2D eigenvalue weighted by molar-refractivity contribution is 1.13. The van der Waals surface area contributed by atoms with Crippen LogP contribution in [0.3, 0.4) is 0 Å². The topological polar surface area (TPSA) is 16.1 Å². The van der Waals surface area contributed by atoms with Crippen molar-refractivity contribution in [1.29, 1.82) is 0 Å². The van der Waals surface area contributed by atoms with Crippen molar-refractivity contribution >= 4 is 39.4 Å². The van der Waals surface area contributed by atoms with Gasteiger partial charge in [-0.05, 0) is 47.0 Å². The average Bonchev–Trinajstić information content (AvgIpc) is 3.10. The Morgan fingerprint density at radius 1 is 0.769 bits per heavy atom. The Bertz CT molecular complexity index is 1010. The Morgan fingerprint density at radius 2 is 1.42 bits per heavy atom. The van der Waals surface area contributed by atoms with Crippen LogP contribution in [0.4, 0.5) is 5.69 Å². The Morgan fingerprint density at radius 3 is 2.08 bits per heavy atom. The highest BCUT2D eigenvalue weighted by Gasteiger charge is 2.01. The molecule has 0 aliphatic carbocycles. The van der Waals surface area contributed by atoms with Crippen molar-refractivity contribution in [2.75, 3.05) is 19.0 Å². The summed E-state index contributed by atoms with van der Waals surface area (Å²) in [6, 6.07) is 25.5. The van der Waals surface area contributed by atoms with Crippen LogP contribution in [0.2, 0.25) is 0 Å². The molecule has 0 unspecified atom stereocenters. The minimum atomic E-state index is 1.04. The first-order chi connectivity index (χ1) is 12.7. The third kappa shape index (κ3) is 3.53. The van der Waals surface area contributed by atoms with Gasteiger partial charge in [-0.15, -0.1) is 11.3 Å². The van der Waals surface area contributed by atoms with Crippen LogP contribution < -0.4 is 4.90 Å². The van der Waals surface area contributed by atoms with Crippen LogP contribution in [0.5, 0.6) is 0 Å². The molecule has 0 aliphatic heterocycles. The molecule has 1 aromatic heterocycles. The first-order valence-corrected chi connectivity index (χ1v) is 9.42. The van der Waals surface area contributed by atoms with Gasteiger partial charge in [0.25, 0.3) is 0 Å². The molecule has 26 heavy (non-hydrogen) atoms. The van der Waals surface area contributed by atoms with E-state index in [-0.39, 0.29) is 0 Å². The Balaban J connectivity index is 1.52. The fourth-order valence-electron chi connectivity index (χ4n) is 2.87. The fraction of sp³-hybridized carbons (Fsp3) is 0.0870. The Kier molecular flexibility index (Phi) is 4.55. The van der Waals surface area contributed by atoms with E-state index >= 15 is 0 Å². The summed E-state index contributed by atoms with van der Waals surface area (Å²) < 4.78 is 1.23. The quantitative estimate of drug-likeness (QED) is 0.433. The van der Waals surface area contributed by atoms with E-state index in [4.69, 9.17) is 0 Å². The first-order valence-electron chi connectivity index (χ1n) is 8.60. The molecule has 0 aliphatic rings. The van der Waals surface area contributed by atoms with Crippen LogP contribution in [0.15, 0.2) is 72.8 Å². The molecular formula is C23H20N2S. The number of hydrogen-bond acceptors (Lipinski definition) is 3. The van der Waals surface area contributed by atoms with Gasteiger partial charge in [-0.25, -0.2) is 4.98 Å². The summed E-state index contributed by atoms with van der Waals surface area (Å²) >= 11 is 1.72. The minimum absolute atomic E-state index is 1.04. The molecule has 0 spiro atoms. The maximum Gasteiger partial charge on any atom is 0.117 e. The van der Waals surface area contributed by atoms with Gasteiger partial charge >= 0.3 is 0 Å². The van der Waals surface area contributed by atoms with Crippen molar-refractivity contribution in [3.05, 3.63) is 83.4 Å². The Labute approximate surface area is 158 Å². The molecule has 0 N–H and O–H groups in total. The molecule has 0 atom stereocenters. The average molecular weight is 356 g/mol. The van der Waals surface area contributed by atoms with Crippen molar-refractivity contribution in [1.82, 2.24) is 4.98 Å². The van der Waals surface area contributed by atoms with Crippen LogP contribution in [0, 0.1) is 0 Å². The molecule has 3 aromatic carbocycles. The van der Waals surface area contributed by atoms with E-state index in [0.29, 0.717) is 0 Å². The van der Waals surface area contributed by atoms with E-state index in [1.54, 1.807) is 11.3 Å². The van der Waals surface area contributed by atoms with Gasteiger partial charge in [-0.1, -0.05) is 54.6 Å². The lowest BCUT2D eigenvalue weighted by Gasteiger charge is -2.12. The molecule has 0 amide bonds. The van der Waals surface area contributed by atoms with Crippen molar-refractivity contribution in [2.24, 2.45) is 0 Å². The van der Waals surface area contributed by atoms with E-state index in [1.165, 1.54) is 27.1 Å². The fourth-order valence-corrected chi connectivity index (χ4v) is 3.74. The van der Waals surface area contributed by atoms with Crippen molar-refractivity contribution in [3.63, 3.8) is 0 Å². The molecule has 4 rings (SSSR count). The normalized spacial score (nSPS) is 11.3. The van der Waals surface area contributed by atoms with Crippen LogP contribution in [0.1, 0.15) is 10.6 Å². The Hall–Kier alpha value is -2.91. The number of aromatic nitrogens is 1. The predicted octanol–water partition coefficient (Wildman–Crippen LogP) is 6.20. The van der Waals surface area contributed by atoms with Crippen molar-refractivity contribution < 1.29 is 0 Å². The second-order valence-electron chi connectivity index (χ2n) is 6.42. The number of benzene rings is 3. The smallest absolute Gasteiger partial charge is 0.117 e. The SMILES string of the molecule is CN(C)c1ccc(-c2ccc(/C=C/c3nc4ccccc4s3)cc2)cc1. The lowest BCUT2D eigenvalue weighted by atomic mass is 10.0. The highest BCUT2D eigenvalue weighted by molar-refractivity contribution is 7.19. The number of fused-ring (bicyclic) bond motifs is 1. The van der Waals surface area contributed by atoms with Gasteiger partial charge in [0.1, 0.15) is 5.01 Å². The van der Waals surface area contributed by atoms with E-state index < -0.39 is 0 Å². The number of rotatable bonds is 4. The summed E-state index contributed by atoms with van der Waals surface area (Å²) in [7, 11) is 4.11. The molecule has 0 fully saturated rings. The predicted molar refractivity (Wildman–Crippen MR) is 115 cm³/mol. The van der Waals surface area contributed by atoms with Gasteiger partial charge in [-0.2, -0.15) is 0 Å². The summed E-state index contributed by atoms with van der Waals surface area (Å²) in [5.74, 6) is 0. The molecule has 128 valence electrons. The summed E-state index contributed by atoms with van der Waals surface area (Å²) in [5, 5.41) is 1.04.